The Balaban J connectivity index is 1.80. The molecule has 2 aromatic rings. The highest BCUT2D eigenvalue weighted by Crippen LogP contribution is 2.19. The second kappa shape index (κ2) is 8.44. The average Bonchev–Trinajstić information content (AvgIpc) is 3.02. The smallest absolute Gasteiger partial charge is 0.305 e. The lowest BCUT2D eigenvalue weighted by atomic mass is 10.1. The molecule has 1 aromatic heterocycles. The number of benzene rings is 1. The van der Waals surface area contributed by atoms with Crippen molar-refractivity contribution >= 4 is 23.5 Å². The van der Waals surface area contributed by atoms with Crippen molar-refractivity contribution in [1.82, 2.24) is 4.98 Å². The van der Waals surface area contributed by atoms with E-state index in [4.69, 9.17) is 0 Å². The third-order valence-corrected chi connectivity index (χ3v) is 4.24. The number of esters is 1. The van der Waals surface area contributed by atoms with Crippen LogP contribution in [0, 0.1) is 0 Å². The number of aromatic nitrogens is 1. The van der Waals surface area contributed by atoms with Crippen LogP contribution in [0.1, 0.15) is 28.9 Å². The maximum Gasteiger partial charge on any atom is 0.305 e. The molecule has 0 saturated carbocycles. The summed E-state index contributed by atoms with van der Waals surface area (Å²) in [6.45, 7) is 0. The Morgan fingerprint density at radius 1 is 1.23 bits per heavy atom. The summed E-state index contributed by atoms with van der Waals surface area (Å²) in [5.74, 6) is 0.315. The number of thioether (sulfide) groups is 1. The van der Waals surface area contributed by atoms with Crippen LogP contribution in [0.4, 0.5) is 0 Å². The quantitative estimate of drug-likeness (QED) is 0.460. The summed E-state index contributed by atoms with van der Waals surface area (Å²) >= 11 is 1.53. The predicted octanol–water partition coefficient (Wildman–Crippen LogP) is 3.49. The number of H-pyrrole nitrogens is 1. The molecule has 0 aliphatic rings. The molecule has 1 aromatic carbocycles. The Kier molecular flexibility index (Phi) is 6.27. The summed E-state index contributed by atoms with van der Waals surface area (Å²) in [4.78, 5) is 27.4. The number of hydrogen-bond donors (Lipinski definition) is 1. The molecule has 1 N–H and O–H groups in total. The van der Waals surface area contributed by atoms with Crippen LogP contribution in [0.2, 0.25) is 0 Å². The van der Waals surface area contributed by atoms with Gasteiger partial charge in [-0.1, -0.05) is 18.2 Å². The highest BCUT2D eigenvalue weighted by molar-refractivity contribution is 8.00. The Morgan fingerprint density at radius 3 is 2.73 bits per heavy atom. The molecule has 1 heterocycles. The van der Waals surface area contributed by atoms with Crippen molar-refractivity contribution in [2.24, 2.45) is 0 Å². The van der Waals surface area contributed by atoms with Gasteiger partial charge in [0, 0.05) is 28.8 Å². The van der Waals surface area contributed by atoms with Gasteiger partial charge in [0.1, 0.15) is 0 Å². The van der Waals surface area contributed by atoms with E-state index in [1.165, 1.54) is 18.9 Å². The SMILES string of the molecule is COC(=O)CCCc1cc(C(=O)CSc2ccccc2)c[nH]1. The molecule has 0 spiro atoms. The molecule has 0 fully saturated rings. The van der Waals surface area contributed by atoms with E-state index in [2.05, 4.69) is 9.72 Å². The second-order valence-corrected chi connectivity index (χ2v) is 5.92. The van der Waals surface area contributed by atoms with Gasteiger partial charge in [-0.3, -0.25) is 9.59 Å². The van der Waals surface area contributed by atoms with E-state index in [-0.39, 0.29) is 11.8 Å². The number of aryl methyl sites for hydroxylation is 1. The van der Waals surface area contributed by atoms with Gasteiger partial charge in [0.25, 0.3) is 0 Å². The van der Waals surface area contributed by atoms with Crippen LogP contribution in [0.3, 0.4) is 0 Å². The van der Waals surface area contributed by atoms with Gasteiger partial charge in [0.05, 0.1) is 12.9 Å². The lowest BCUT2D eigenvalue weighted by Gasteiger charge is -1.99. The third kappa shape index (κ3) is 5.07. The molecule has 116 valence electrons. The zero-order chi connectivity index (χ0) is 15.8. The monoisotopic (exact) mass is 317 g/mol. The number of aromatic amines is 1. The van der Waals surface area contributed by atoms with Crippen LogP contribution in [0.5, 0.6) is 0 Å². The number of Topliss-reactive ketones (excluding diaryl/α,β-unsaturated/α-hetero) is 1. The van der Waals surface area contributed by atoms with Gasteiger partial charge in [0.2, 0.25) is 0 Å². The topological polar surface area (TPSA) is 59.2 Å². The zero-order valence-electron chi connectivity index (χ0n) is 12.5. The maximum absolute atomic E-state index is 12.1. The summed E-state index contributed by atoms with van der Waals surface area (Å²) < 4.78 is 4.60. The highest BCUT2D eigenvalue weighted by Gasteiger charge is 2.09. The second-order valence-electron chi connectivity index (χ2n) is 4.87. The standard InChI is InChI=1S/C17H19NO3S/c1-21-17(20)9-5-6-14-10-13(11-18-14)16(19)12-22-15-7-3-2-4-8-15/h2-4,7-8,10-11,18H,5-6,9,12H2,1H3. The average molecular weight is 317 g/mol. The van der Waals surface area contributed by atoms with E-state index in [0.29, 0.717) is 24.2 Å². The molecule has 0 bridgehead atoms. The molecule has 0 atom stereocenters. The Labute approximate surface area is 134 Å². The molecule has 0 amide bonds. The fourth-order valence-electron chi connectivity index (χ4n) is 2.02. The minimum Gasteiger partial charge on any atom is -0.469 e. The number of rotatable bonds is 8. The van der Waals surface area contributed by atoms with E-state index >= 15 is 0 Å². The zero-order valence-corrected chi connectivity index (χ0v) is 13.3. The minimum atomic E-state index is -0.206. The van der Waals surface area contributed by atoms with Gasteiger partial charge in [-0.2, -0.15) is 0 Å². The molecule has 0 saturated heterocycles. The van der Waals surface area contributed by atoms with Crippen molar-refractivity contribution in [3.63, 3.8) is 0 Å². The van der Waals surface area contributed by atoms with E-state index < -0.39 is 0 Å². The molecule has 0 aliphatic heterocycles. The van der Waals surface area contributed by atoms with E-state index in [9.17, 15) is 9.59 Å². The molecular formula is C17H19NO3S. The molecule has 4 nitrogen and oxygen atoms in total. The predicted molar refractivity (Wildman–Crippen MR) is 87.2 cm³/mol. The van der Waals surface area contributed by atoms with Crippen LogP contribution >= 0.6 is 11.8 Å². The van der Waals surface area contributed by atoms with Gasteiger partial charge in [-0.15, -0.1) is 11.8 Å². The molecule has 0 radical (unpaired) electrons. The van der Waals surface area contributed by atoms with Crippen LogP contribution < -0.4 is 0 Å². The summed E-state index contributed by atoms with van der Waals surface area (Å²) in [7, 11) is 1.39. The minimum absolute atomic E-state index is 0.101. The van der Waals surface area contributed by atoms with Crippen molar-refractivity contribution in [2.45, 2.75) is 24.2 Å². The van der Waals surface area contributed by atoms with Gasteiger partial charge in [0.15, 0.2) is 5.78 Å². The first kappa shape index (κ1) is 16.4. The number of carbonyl (C=O) groups excluding carboxylic acids is 2. The first-order valence-corrected chi connectivity index (χ1v) is 8.13. The van der Waals surface area contributed by atoms with E-state index in [0.717, 1.165) is 17.0 Å². The number of nitrogens with one attached hydrogen (secondary N) is 1. The van der Waals surface area contributed by atoms with Crippen LogP contribution in [0.15, 0.2) is 47.5 Å². The van der Waals surface area contributed by atoms with Gasteiger partial charge >= 0.3 is 5.97 Å². The van der Waals surface area contributed by atoms with E-state index in [1.54, 1.807) is 6.20 Å². The van der Waals surface area contributed by atoms with Crippen molar-refractivity contribution in [2.75, 3.05) is 12.9 Å². The van der Waals surface area contributed by atoms with Crippen LogP contribution in [-0.4, -0.2) is 29.6 Å². The number of hydrogen-bond acceptors (Lipinski definition) is 4. The number of carbonyl (C=O) groups is 2. The van der Waals surface area contributed by atoms with E-state index in [1.807, 2.05) is 36.4 Å². The summed E-state index contributed by atoms with van der Waals surface area (Å²) in [5, 5.41) is 0. The number of ketones is 1. The summed E-state index contributed by atoms with van der Waals surface area (Å²) in [6.07, 6.45) is 3.57. The Bertz CT molecular complexity index is 622. The van der Waals surface area contributed by atoms with Gasteiger partial charge < -0.3 is 9.72 Å². The third-order valence-electron chi connectivity index (χ3n) is 3.23. The Morgan fingerprint density at radius 2 is 2.00 bits per heavy atom. The van der Waals surface area contributed by atoms with Gasteiger partial charge in [-0.05, 0) is 31.0 Å². The van der Waals surface area contributed by atoms with Crippen molar-refractivity contribution in [1.29, 1.82) is 0 Å². The maximum atomic E-state index is 12.1. The van der Waals surface area contributed by atoms with Crippen LogP contribution in [0.25, 0.3) is 0 Å². The normalized spacial score (nSPS) is 10.4. The fourth-order valence-corrected chi connectivity index (χ4v) is 2.84. The fraction of sp³-hybridized carbons (Fsp3) is 0.294. The summed E-state index contributed by atoms with van der Waals surface area (Å²) in [5.41, 5.74) is 1.66. The largest absolute Gasteiger partial charge is 0.469 e. The molecule has 5 heteroatoms. The van der Waals surface area contributed by atoms with Gasteiger partial charge in [-0.25, -0.2) is 0 Å². The molecule has 0 aliphatic carbocycles. The Hall–Kier alpha value is -2.01. The number of ether oxygens (including phenoxy) is 1. The first-order valence-electron chi connectivity index (χ1n) is 7.14. The lowest BCUT2D eigenvalue weighted by molar-refractivity contribution is -0.140. The summed E-state index contributed by atoms with van der Waals surface area (Å²) in [6, 6.07) is 11.7. The van der Waals surface area contributed by atoms with Crippen LogP contribution in [-0.2, 0) is 16.0 Å². The van der Waals surface area contributed by atoms with Crippen molar-refractivity contribution in [3.05, 3.63) is 53.9 Å². The van der Waals surface area contributed by atoms with Crippen molar-refractivity contribution in [3.8, 4) is 0 Å². The molecule has 22 heavy (non-hydrogen) atoms. The molecule has 0 unspecified atom stereocenters. The van der Waals surface area contributed by atoms with Crippen molar-refractivity contribution < 1.29 is 14.3 Å². The number of methoxy groups -OCH3 is 1. The lowest BCUT2D eigenvalue weighted by Crippen LogP contribution is -2.01. The molecular weight excluding hydrogens is 298 g/mol. The molecule has 2 rings (SSSR count). The first-order chi connectivity index (χ1) is 10.7. The highest BCUT2D eigenvalue weighted by atomic mass is 32.2.